The van der Waals surface area contributed by atoms with Crippen LogP contribution in [0.5, 0.6) is 0 Å². The SMILES string of the molecule is CCC(C)c1nc(C)[nH]c(=O)c1F. The van der Waals surface area contributed by atoms with E-state index in [0.717, 1.165) is 6.42 Å². The van der Waals surface area contributed by atoms with Gasteiger partial charge in [-0.3, -0.25) is 4.79 Å². The molecule has 3 nitrogen and oxygen atoms in total. The lowest BCUT2D eigenvalue weighted by molar-refractivity contribution is 0.546. The normalized spacial score (nSPS) is 12.9. The molecule has 1 rings (SSSR count). The van der Waals surface area contributed by atoms with Crippen molar-refractivity contribution in [3.05, 3.63) is 27.7 Å². The fourth-order valence-electron chi connectivity index (χ4n) is 1.11. The summed E-state index contributed by atoms with van der Waals surface area (Å²) >= 11 is 0. The van der Waals surface area contributed by atoms with Gasteiger partial charge in [-0.1, -0.05) is 13.8 Å². The highest BCUT2D eigenvalue weighted by molar-refractivity contribution is 5.09. The molecule has 0 aliphatic rings. The summed E-state index contributed by atoms with van der Waals surface area (Å²) in [7, 11) is 0. The molecule has 1 atom stereocenters. The molecule has 1 aromatic heterocycles. The van der Waals surface area contributed by atoms with Gasteiger partial charge in [-0.25, -0.2) is 4.98 Å². The lowest BCUT2D eigenvalue weighted by Crippen LogP contribution is -2.18. The van der Waals surface area contributed by atoms with Gasteiger partial charge in [0, 0.05) is 5.92 Å². The Bertz CT molecular complexity index is 359. The van der Waals surface area contributed by atoms with Crippen LogP contribution >= 0.6 is 0 Å². The van der Waals surface area contributed by atoms with E-state index in [9.17, 15) is 9.18 Å². The number of aromatic nitrogens is 2. The third kappa shape index (κ3) is 1.94. The van der Waals surface area contributed by atoms with Gasteiger partial charge in [-0.15, -0.1) is 0 Å². The number of halogens is 1. The first-order chi connectivity index (χ1) is 6.06. The van der Waals surface area contributed by atoms with Crippen molar-refractivity contribution in [2.75, 3.05) is 0 Å². The predicted molar refractivity (Wildman–Crippen MR) is 48.3 cm³/mol. The quantitative estimate of drug-likeness (QED) is 0.760. The van der Waals surface area contributed by atoms with Crippen molar-refractivity contribution in [3.8, 4) is 0 Å². The number of nitrogens with one attached hydrogen (secondary N) is 1. The summed E-state index contributed by atoms with van der Waals surface area (Å²) in [6.45, 7) is 5.43. The van der Waals surface area contributed by atoms with E-state index in [0.29, 0.717) is 5.82 Å². The number of nitrogens with zero attached hydrogens (tertiary/aromatic N) is 1. The van der Waals surface area contributed by atoms with Crippen molar-refractivity contribution in [1.82, 2.24) is 9.97 Å². The van der Waals surface area contributed by atoms with Crippen LogP contribution in [0, 0.1) is 12.7 Å². The van der Waals surface area contributed by atoms with Gasteiger partial charge in [0.1, 0.15) is 5.82 Å². The molecule has 0 amide bonds. The average Bonchev–Trinajstić information content (AvgIpc) is 2.10. The number of hydrogen-bond acceptors (Lipinski definition) is 2. The largest absolute Gasteiger partial charge is 0.308 e. The molecule has 13 heavy (non-hydrogen) atoms. The summed E-state index contributed by atoms with van der Waals surface area (Å²) in [6.07, 6.45) is 0.771. The van der Waals surface area contributed by atoms with Gasteiger partial charge in [-0.05, 0) is 13.3 Å². The predicted octanol–water partition coefficient (Wildman–Crippen LogP) is 1.73. The minimum Gasteiger partial charge on any atom is -0.308 e. The number of aryl methyl sites for hydroxylation is 1. The van der Waals surface area contributed by atoms with Crippen molar-refractivity contribution in [3.63, 3.8) is 0 Å². The maximum Gasteiger partial charge on any atom is 0.287 e. The van der Waals surface area contributed by atoms with Gasteiger partial charge in [0.05, 0.1) is 5.69 Å². The zero-order valence-electron chi connectivity index (χ0n) is 8.02. The summed E-state index contributed by atoms with van der Waals surface area (Å²) < 4.78 is 13.2. The Morgan fingerprint density at radius 2 is 2.23 bits per heavy atom. The highest BCUT2D eigenvalue weighted by Crippen LogP contribution is 2.16. The van der Waals surface area contributed by atoms with Gasteiger partial charge in [0.15, 0.2) is 0 Å². The maximum atomic E-state index is 13.2. The minimum atomic E-state index is -0.750. The average molecular weight is 184 g/mol. The van der Waals surface area contributed by atoms with Crippen molar-refractivity contribution >= 4 is 0 Å². The van der Waals surface area contributed by atoms with Crippen LogP contribution in [0.25, 0.3) is 0 Å². The summed E-state index contributed by atoms with van der Waals surface area (Å²) in [6, 6.07) is 0. The Morgan fingerprint density at radius 3 is 2.77 bits per heavy atom. The van der Waals surface area contributed by atoms with Gasteiger partial charge < -0.3 is 4.98 Å². The number of rotatable bonds is 2. The van der Waals surface area contributed by atoms with Crippen LogP contribution in [0.15, 0.2) is 4.79 Å². The summed E-state index contributed by atoms with van der Waals surface area (Å²) in [5.41, 5.74) is -0.411. The Balaban J connectivity index is 3.28. The first kappa shape index (κ1) is 9.89. The molecule has 0 saturated carbocycles. The topological polar surface area (TPSA) is 45.8 Å². The van der Waals surface area contributed by atoms with Crippen molar-refractivity contribution in [1.29, 1.82) is 0 Å². The first-order valence-electron chi connectivity index (χ1n) is 4.32. The lowest BCUT2D eigenvalue weighted by atomic mass is 10.0. The highest BCUT2D eigenvalue weighted by atomic mass is 19.1. The summed E-state index contributed by atoms with van der Waals surface area (Å²) in [5.74, 6) is -0.303. The third-order valence-electron chi connectivity index (χ3n) is 2.09. The molecular formula is C9H13FN2O. The number of aromatic amines is 1. The molecule has 0 bridgehead atoms. The zero-order valence-corrected chi connectivity index (χ0v) is 8.02. The molecule has 0 saturated heterocycles. The van der Waals surface area contributed by atoms with Crippen LogP contribution in [0.2, 0.25) is 0 Å². The smallest absolute Gasteiger partial charge is 0.287 e. The Hall–Kier alpha value is -1.19. The van der Waals surface area contributed by atoms with Gasteiger partial charge in [-0.2, -0.15) is 4.39 Å². The maximum absolute atomic E-state index is 13.2. The zero-order chi connectivity index (χ0) is 10.0. The van der Waals surface area contributed by atoms with E-state index >= 15 is 0 Å². The molecule has 0 radical (unpaired) electrons. The van der Waals surface area contributed by atoms with Crippen molar-refractivity contribution in [2.45, 2.75) is 33.1 Å². The molecule has 72 valence electrons. The monoisotopic (exact) mass is 184 g/mol. The molecule has 1 unspecified atom stereocenters. The minimum absolute atomic E-state index is 0.0130. The second-order valence-electron chi connectivity index (χ2n) is 3.16. The molecule has 0 aromatic carbocycles. The molecule has 0 fully saturated rings. The Morgan fingerprint density at radius 1 is 1.62 bits per heavy atom. The summed E-state index contributed by atoms with van der Waals surface area (Å²) in [4.78, 5) is 17.3. The molecular weight excluding hydrogens is 171 g/mol. The molecule has 1 aromatic rings. The van der Waals surface area contributed by atoms with E-state index in [1.807, 2.05) is 13.8 Å². The molecule has 4 heteroatoms. The van der Waals surface area contributed by atoms with Crippen molar-refractivity contribution < 1.29 is 4.39 Å². The second-order valence-corrected chi connectivity index (χ2v) is 3.16. The first-order valence-corrected chi connectivity index (χ1v) is 4.32. The fourth-order valence-corrected chi connectivity index (χ4v) is 1.11. The number of H-pyrrole nitrogens is 1. The van der Waals surface area contributed by atoms with Crippen LogP contribution in [-0.4, -0.2) is 9.97 Å². The fraction of sp³-hybridized carbons (Fsp3) is 0.556. The second kappa shape index (κ2) is 3.68. The third-order valence-corrected chi connectivity index (χ3v) is 2.09. The van der Waals surface area contributed by atoms with Gasteiger partial charge in [0.25, 0.3) is 5.56 Å². The van der Waals surface area contributed by atoms with E-state index in [-0.39, 0.29) is 11.6 Å². The summed E-state index contributed by atoms with van der Waals surface area (Å²) in [5, 5.41) is 0. The molecule has 0 aliphatic heterocycles. The lowest BCUT2D eigenvalue weighted by Gasteiger charge is -2.08. The van der Waals surface area contributed by atoms with Gasteiger partial charge in [0.2, 0.25) is 5.82 Å². The van der Waals surface area contributed by atoms with Crippen LogP contribution in [0.1, 0.15) is 37.7 Å². The molecule has 1 heterocycles. The van der Waals surface area contributed by atoms with E-state index in [1.165, 1.54) is 0 Å². The van der Waals surface area contributed by atoms with Crippen molar-refractivity contribution in [2.24, 2.45) is 0 Å². The van der Waals surface area contributed by atoms with E-state index in [1.54, 1.807) is 6.92 Å². The molecule has 0 spiro atoms. The standard InChI is InChI=1S/C9H13FN2O/c1-4-5(2)8-7(10)9(13)12-6(3)11-8/h5H,4H2,1-3H3,(H,11,12,13). The Labute approximate surface area is 76.0 Å². The van der Waals surface area contributed by atoms with Crippen LogP contribution in [0.3, 0.4) is 0 Å². The number of hydrogen-bond donors (Lipinski definition) is 1. The van der Waals surface area contributed by atoms with Crippen LogP contribution in [0.4, 0.5) is 4.39 Å². The van der Waals surface area contributed by atoms with Crippen LogP contribution < -0.4 is 5.56 Å². The highest BCUT2D eigenvalue weighted by Gasteiger charge is 2.14. The van der Waals surface area contributed by atoms with E-state index in [4.69, 9.17) is 0 Å². The molecule has 0 aliphatic carbocycles. The van der Waals surface area contributed by atoms with E-state index in [2.05, 4.69) is 9.97 Å². The molecule has 1 N–H and O–H groups in total. The van der Waals surface area contributed by atoms with E-state index < -0.39 is 11.4 Å². The Kier molecular flexibility index (Phi) is 2.80. The van der Waals surface area contributed by atoms with Gasteiger partial charge >= 0.3 is 0 Å². The van der Waals surface area contributed by atoms with Crippen LogP contribution in [-0.2, 0) is 0 Å².